The molecule has 0 aromatic heterocycles. The van der Waals surface area contributed by atoms with Gasteiger partial charge >= 0.3 is 0 Å². The van der Waals surface area contributed by atoms with Crippen LogP contribution in [0.1, 0.15) is 27.2 Å². The molecule has 100 valence electrons. The van der Waals surface area contributed by atoms with Crippen LogP contribution in [0.25, 0.3) is 0 Å². The average Bonchev–Trinajstić information content (AvgIpc) is 2.31. The van der Waals surface area contributed by atoms with Gasteiger partial charge in [0.05, 0.1) is 0 Å². The van der Waals surface area contributed by atoms with Gasteiger partial charge in [-0.25, -0.2) is 4.39 Å². The summed E-state index contributed by atoms with van der Waals surface area (Å²) in [6, 6.07) is 5.62. The Balaban J connectivity index is 2.37. The molecule has 1 aromatic carbocycles. The molecule has 18 heavy (non-hydrogen) atoms. The Labute approximate surface area is 107 Å². The fourth-order valence-electron chi connectivity index (χ4n) is 1.40. The smallest absolute Gasteiger partial charge is 0.260 e. The molecule has 1 rings (SSSR count). The summed E-state index contributed by atoms with van der Waals surface area (Å²) < 4.78 is 18.1. The van der Waals surface area contributed by atoms with Crippen molar-refractivity contribution in [2.45, 2.75) is 33.3 Å². The molecule has 0 saturated carbocycles. The number of nitrogens with one attached hydrogen (secondary N) is 1. The summed E-state index contributed by atoms with van der Waals surface area (Å²) in [4.78, 5) is 11.7. The molecule has 4 heteroatoms. The second-order valence-corrected chi connectivity index (χ2v) is 4.69. The van der Waals surface area contributed by atoms with Crippen molar-refractivity contribution in [1.29, 1.82) is 0 Å². The normalized spacial score (nSPS) is 12.3. The van der Waals surface area contributed by atoms with Crippen molar-refractivity contribution in [2.75, 3.05) is 6.54 Å². The van der Waals surface area contributed by atoms with Gasteiger partial charge in [-0.1, -0.05) is 13.8 Å². The molecule has 1 atom stereocenters. The standard InChI is InChI=1S/C14H20FNO2/c1-10(2)8-9-16-14(17)11(3)18-13-6-4-12(15)5-7-13/h4-7,10-11H,8-9H2,1-3H3,(H,16,17)/t11-/m0/s1. The van der Waals surface area contributed by atoms with E-state index < -0.39 is 6.10 Å². The molecular weight excluding hydrogens is 233 g/mol. The van der Waals surface area contributed by atoms with E-state index in [1.165, 1.54) is 24.3 Å². The van der Waals surface area contributed by atoms with Crippen molar-refractivity contribution < 1.29 is 13.9 Å². The number of amides is 1. The van der Waals surface area contributed by atoms with E-state index in [2.05, 4.69) is 19.2 Å². The molecule has 0 bridgehead atoms. The lowest BCUT2D eigenvalue weighted by atomic mass is 10.1. The Morgan fingerprint density at radius 3 is 2.44 bits per heavy atom. The molecule has 1 N–H and O–H groups in total. The molecule has 1 amide bonds. The molecule has 0 saturated heterocycles. The zero-order valence-corrected chi connectivity index (χ0v) is 11.1. The van der Waals surface area contributed by atoms with E-state index in [4.69, 9.17) is 4.74 Å². The maximum absolute atomic E-state index is 12.7. The first-order valence-corrected chi connectivity index (χ1v) is 6.19. The van der Waals surface area contributed by atoms with Gasteiger partial charge in [0.2, 0.25) is 0 Å². The van der Waals surface area contributed by atoms with Crippen LogP contribution in [0.3, 0.4) is 0 Å². The number of benzene rings is 1. The molecule has 0 heterocycles. The maximum atomic E-state index is 12.7. The van der Waals surface area contributed by atoms with E-state index in [9.17, 15) is 9.18 Å². The fourth-order valence-corrected chi connectivity index (χ4v) is 1.40. The number of halogens is 1. The van der Waals surface area contributed by atoms with Gasteiger partial charge < -0.3 is 10.1 Å². The van der Waals surface area contributed by atoms with Crippen molar-refractivity contribution in [2.24, 2.45) is 5.92 Å². The van der Waals surface area contributed by atoms with Crippen LogP contribution < -0.4 is 10.1 Å². The van der Waals surface area contributed by atoms with E-state index in [-0.39, 0.29) is 11.7 Å². The van der Waals surface area contributed by atoms with Crippen LogP contribution in [0.4, 0.5) is 4.39 Å². The van der Waals surface area contributed by atoms with Gasteiger partial charge in [0.15, 0.2) is 6.10 Å². The van der Waals surface area contributed by atoms with Crippen LogP contribution in [0.5, 0.6) is 5.75 Å². The minimum atomic E-state index is -0.581. The van der Waals surface area contributed by atoms with Gasteiger partial charge in [-0.05, 0) is 43.5 Å². The lowest BCUT2D eigenvalue weighted by molar-refractivity contribution is -0.127. The topological polar surface area (TPSA) is 38.3 Å². The van der Waals surface area contributed by atoms with Gasteiger partial charge in [-0.15, -0.1) is 0 Å². The second-order valence-electron chi connectivity index (χ2n) is 4.69. The van der Waals surface area contributed by atoms with Gasteiger partial charge in [0, 0.05) is 6.54 Å². The lowest BCUT2D eigenvalue weighted by Gasteiger charge is -2.15. The third-order valence-corrected chi connectivity index (χ3v) is 2.52. The van der Waals surface area contributed by atoms with Gasteiger partial charge in [0.25, 0.3) is 5.91 Å². The Morgan fingerprint density at radius 1 is 1.28 bits per heavy atom. The van der Waals surface area contributed by atoms with Crippen molar-refractivity contribution in [3.63, 3.8) is 0 Å². The molecule has 3 nitrogen and oxygen atoms in total. The Hall–Kier alpha value is -1.58. The maximum Gasteiger partial charge on any atom is 0.260 e. The Kier molecular flexibility index (Phi) is 5.62. The lowest BCUT2D eigenvalue weighted by Crippen LogP contribution is -2.37. The third-order valence-electron chi connectivity index (χ3n) is 2.52. The van der Waals surface area contributed by atoms with Crippen molar-refractivity contribution in [3.8, 4) is 5.75 Å². The third kappa shape index (κ3) is 5.17. The highest BCUT2D eigenvalue weighted by atomic mass is 19.1. The minimum Gasteiger partial charge on any atom is -0.481 e. The van der Waals surface area contributed by atoms with Gasteiger partial charge in [0.1, 0.15) is 11.6 Å². The minimum absolute atomic E-state index is 0.153. The SMILES string of the molecule is CC(C)CCNC(=O)[C@H](C)Oc1ccc(F)cc1. The Morgan fingerprint density at radius 2 is 1.89 bits per heavy atom. The van der Waals surface area contributed by atoms with Crippen molar-refractivity contribution in [1.82, 2.24) is 5.32 Å². The summed E-state index contributed by atoms with van der Waals surface area (Å²) >= 11 is 0. The predicted molar refractivity (Wildman–Crippen MR) is 69.0 cm³/mol. The molecule has 0 aliphatic rings. The zero-order chi connectivity index (χ0) is 13.5. The monoisotopic (exact) mass is 253 g/mol. The quantitative estimate of drug-likeness (QED) is 0.846. The second kappa shape index (κ2) is 6.99. The first-order chi connectivity index (χ1) is 8.49. The highest BCUT2D eigenvalue weighted by Crippen LogP contribution is 2.13. The van der Waals surface area contributed by atoms with Crippen LogP contribution >= 0.6 is 0 Å². The molecule has 0 unspecified atom stereocenters. The fraction of sp³-hybridized carbons (Fsp3) is 0.500. The van der Waals surface area contributed by atoms with Crippen LogP contribution in [0.2, 0.25) is 0 Å². The summed E-state index contributed by atoms with van der Waals surface area (Å²) in [5.41, 5.74) is 0. The molecule has 0 fully saturated rings. The van der Waals surface area contributed by atoms with E-state index in [0.29, 0.717) is 18.2 Å². The number of carbonyl (C=O) groups excluding carboxylic acids is 1. The summed E-state index contributed by atoms with van der Waals surface area (Å²) in [6.07, 6.45) is 0.359. The van der Waals surface area contributed by atoms with E-state index in [1.54, 1.807) is 6.92 Å². The van der Waals surface area contributed by atoms with E-state index in [1.807, 2.05) is 0 Å². The van der Waals surface area contributed by atoms with Crippen LogP contribution in [-0.2, 0) is 4.79 Å². The zero-order valence-electron chi connectivity index (χ0n) is 11.1. The van der Waals surface area contributed by atoms with Crippen molar-refractivity contribution in [3.05, 3.63) is 30.1 Å². The summed E-state index contributed by atoms with van der Waals surface area (Å²) in [5, 5.41) is 2.81. The molecular formula is C14H20FNO2. The van der Waals surface area contributed by atoms with Gasteiger partial charge in [-0.3, -0.25) is 4.79 Å². The van der Waals surface area contributed by atoms with E-state index >= 15 is 0 Å². The number of carbonyl (C=O) groups is 1. The molecule has 0 aliphatic heterocycles. The number of rotatable bonds is 6. The highest BCUT2D eigenvalue weighted by molar-refractivity contribution is 5.80. The summed E-state index contributed by atoms with van der Waals surface area (Å²) in [7, 11) is 0. The van der Waals surface area contributed by atoms with Crippen molar-refractivity contribution >= 4 is 5.91 Å². The summed E-state index contributed by atoms with van der Waals surface area (Å²) in [5.74, 6) is 0.567. The predicted octanol–water partition coefficient (Wildman–Crippen LogP) is 2.76. The van der Waals surface area contributed by atoms with Gasteiger partial charge in [-0.2, -0.15) is 0 Å². The number of hydrogen-bond donors (Lipinski definition) is 1. The molecule has 0 aliphatic carbocycles. The van der Waals surface area contributed by atoms with Crippen LogP contribution in [0, 0.1) is 11.7 Å². The molecule has 0 radical (unpaired) electrons. The molecule has 1 aromatic rings. The first-order valence-electron chi connectivity index (χ1n) is 6.19. The van der Waals surface area contributed by atoms with E-state index in [0.717, 1.165) is 6.42 Å². The molecule has 0 spiro atoms. The van der Waals surface area contributed by atoms with Crippen LogP contribution in [0.15, 0.2) is 24.3 Å². The largest absolute Gasteiger partial charge is 0.481 e. The Bertz CT molecular complexity index is 376. The van der Waals surface area contributed by atoms with Crippen LogP contribution in [-0.4, -0.2) is 18.6 Å². The summed E-state index contributed by atoms with van der Waals surface area (Å²) in [6.45, 7) is 6.52. The highest BCUT2D eigenvalue weighted by Gasteiger charge is 2.13. The number of ether oxygens (including phenoxy) is 1. The first kappa shape index (κ1) is 14.5. The average molecular weight is 253 g/mol. The number of hydrogen-bond acceptors (Lipinski definition) is 2.